The van der Waals surface area contributed by atoms with Crippen molar-refractivity contribution in [2.45, 2.75) is 17.5 Å². The maximum absolute atomic E-state index is 12.9. The number of hydrogen-bond donors (Lipinski definition) is 3. The van der Waals surface area contributed by atoms with Crippen LogP contribution in [-0.4, -0.2) is 39.6 Å². The van der Waals surface area contributed by atoms with Crippen LogP contribution in [0.25, 0.3) is 10.9 Å². The first-order valence-electron chi connectivity index (χ1n) is 9.65. The van der Waals surface area contributed by atoms with E-state index in [4.69, 9.17) is 4.74 Å². The molecule has 12 heteroatoms. The van der Waals surface area contributed by atoms with Crippen molar-refractivity contribution >= 4 is 32.5 Å². The number of hydrogen-bond acceptors (Lipinski definition) is 5. The summed E-state index contributed by atoms with van der Waals surface area (Å²) >= 11 is 0. The van der Waals surface area contributed by atoms with Crippen LogP contribution in [0.5, 0.6) is 0 Å². The summed E-state index contributed by atoms with van der Waals surface area (Å²) in [5, 5.41) is 2.51. The molecule has 0 spiro atoms. The number of H-pyrrole nitrogens is 1. The number of anilines is 1. The van der Waals surface area contributed by atoms with Crippen molar-refractivity contribution in [3.05, 3.63) is 70.0 Å². The highest BCUT2D eigenvalue weighted by Crippen LogP contribution is 2.31. The Kier molecular flexibility index (Phi) is 7.08. The molecule has 3 rings (SSSR count). The van der Waals surface area contributed by atoms with E-state index in [2.05, 4.69) is 15.0 Å². The molecule has 3 aromatic rings. The summed E-state index contributed by atoms with van der Waals surface area (Å²) in [4.78, 5) is 27.5. The van der Waals surface area contributed by atoms with E-state index < -0.39 is 33.1 Å². The van der Waals surface area contributed by atoms with Gasteiger partial charge in [0.05, 0.1) is 10.5 Å². The molecule has 8 nitrogen and oxygen atoms in total. The molecule has 0 aliphatic heterocycles. The number of fused-ring (bicyclic) bond motifs is 1. The number of aromatic amines is 1. The van der Waals surface area contributed by atoms with E-state index in [0.29, 0.717) is 19.1 Å². The van der Waals surface area contributed by atoms with Gasteiger partial charge in [-0.05, 0) is 42.8 Å². The van der Waals surface area contributed by atoms with Crippen molar-refractivity contribution in [1.29, 1.82) is 0 Å². The topological polar surface area (TPSA) is 117 Å². The third-order valence-electron chi connectivity index (χ3n) is 4.66. The lowest BCUT2D eigenvalue weighted by Crippen LogP contribution is -2.30. The Morgan fingerprint density at radius 1 is 1.15 bits per heavy atom. The van der Waals surface area contributed by atoms with Crippen LogP contribution in [0.2, 0.25) is 0 Å². The number of pyridine rings is 1. The molecule has 0 aliphatic rings. The molecule has 0 radical (unpaired) electrons. The average Bonchev–Trinajstić information content (AvgIpc) is 2.76. The Hall–Kier alpha value is -3.38. The third-order valence-corrected chi connectivity index (χ3v) is 6.04. The summed E-state index contributed by atoms with van der Waals surface area (Å²) in [6.07, 6.45) is -2.87. The molecule has 0 fully saturated rings. The third kappa shape index (κ3) is 5.71. The Morgan fingerprint density at radius 3 is 2.61 bits per heavy atom. The lowest BCUT2D eigenvalue weighted by Gasteiger charge is -2.12. The van der Waals surface area contributed by atoms with Gasteiger partial charge in [-0.15, -0.1) is 0 Å². The van der Waals surface area contributed by atoms with Crippen molar-refractivity contribution < 1.29 is 31.1 Å². The van der Waals surface area contributed by atoms with E-state index in [-0.39, 0.29) is 33.6 Å². The Labute approximate surface area is 186 Å². The maximum Gasteiger partial charge on any atom is 0.416 e. The second-order valence-corrected chi connectivity index (χ2v) is 8.71. The average molecular weight is 483 g/mol. The predicted molar refractivity (Wildman–Crippen MR) is 116 cm³/mol. The zero-order valence-electron chi connectivity index (χ0n) is 17.3. The largest absolute Gasteiger partial charge is 0.416 e. The van der Waals surface area contributed by atoms with Crippen molar-refractivity contribution in [3.63, 3.8) is 0 Å². The SMILES string of the molecule is COCCCNC(=O)c1c[nH]c2ccc(S(=O)(=O)Nc3cccc(C(F)(F)F)c3)cc2c1=O. The maximum atomic E-state index is 12.9. The summed E-state index contributed by atoms with van der Waals surface area (Å²) in [6.45, 7) is 0.702. The minimum Gasteiger partial charge on any atom is -0.385 e. The second kappa shape index (κ2) is 9.63. The Balaban J connectivity index is 1.91. The highest BCUT2D eigenvalue weighted by Gasteiger charge is 2.30. The van der Waals surface area contributed by atoms with Gasteiger partial charge in [0.2, 0.25) is 5.43 Å². The van der Waals surface area contributed by atoms with Crippen molar-refractivity contribution in [2.24, 2.45) is 0 Å². The van der Waals surface area contributed by atoms with Gasteiger partial charge in [0, 0.05) is 43.0 Å². The molecule has 1 amide bonds. The predicted octanol–water partition coefficient (Wildman–Crippen LogP) is 3.11. The van der Waals surface area contributed by atoms with Crippen LogP contribution in [0.15, 0.2) is 58.4 Å². The molecule has 2 aromatic carbocycles. The molecule has 0 aliphatic carbocycles. The standard InChI is InChI=1S/C21H20F3N3O5S/c1-32-9-3-8-25-20(29)17-12-26-18-7-6-15(11-16(18)19(17)28)33(30,31)27-14-5-2-4-13(10-14)21(22,23)24/h2,4-7,10-12,27H,3,8-9H2,1H3,(H,25,29)(H,26,28). The van der Waals surface area contributed by atoms with E-state index in [9.17, 15) is 31.2 Å². The lowest BCUT2D eigenvalue weighted by molar-refractivity contribution is -0.137. The van der Waals surface area contributed by atoms with Gasteiger partial charge in [-0.2, -0.15) is 13.2 Å². The number of rotatable bonds is 8. The number of aromatic nitrogens is 1. The Bertz CT molecular complexity index is 1340. The fraction of sp³-hybridized carbons (Fsp3) is 0.238. The number of benzene rings is 2. The van der Waals surface area contributed by atoms with Gasteiger partial charge < -0.3 is 15.0 Å². The van der Waals surface area contributed by atoms with Gasteiger partial charge in [-0.3, -0.25) is 14.3 Å². The number of amides is 1. The van der Waals surface area contributed by atoms with E-state index in [1.807, 2.05) is 0 Å². The van der Waals surface area contributed by atoms with Crippen LogP contribution in [0.4, 0.5) is 18.9 Å². The number of sulfonamides is 1. The van der Waals surface area contributed by atoms with E-state index in [0.717, 1.165) is 18.2 Å². The zero-order chi connectivity index (χ0) is 24.2. The minimum atomic E-state index is -4.64. The van der Waals surface area contributed by atoms with Gasteiger partial charge in [0.15, 0.2) is 0 Å². The van der Waals surface area contributed by atoms with Crippen LogP contribution >= 0.6 is 0 Å². The van der Waals surface area contributed by atoms with Crippen LogP contribution < -0.4 is 15.5 Å². The normalized spacial score (nSPS) is 12.0. The Morgan fingerprint density at radius 2 is 1.91 bits per heavy atom. The summed E-state index contributed by atoms with van der Waals surface area (Å²) < 4.78 is 71.2. The summed E-state index contributed by atoms with van der Waals surface area (Å²) in [5.74, 6) is -0.635. The molecule has 1 aromatic heterocycles. The van der Waals surface area contributed by atoms with Crippen LogP contribution in [0.3, 0.4) is 0 Å². The molecule has 0 bridgehead atoms. The summed E-state index contributed by atoms with van der Waals surface area (Å²) in [5.41, 5.74) is -1.92. The van der Waals surface area contributed by atoms with Gasteiger partial charge in [-0.1, -0.05) is 6.07 Å². The fourth-order valence-electron chi connectivity index (χ4n) is 3.02. The van der Waals surface area contributed by atoms with Crippen molar-refractivity contribution in [1.82, 2.24) is 10.3 Å². The molecule has 33 heavy (non-hydrogen) atoms. The van der Waals surface area contributed by atoms with Crippen molar-refractivity contribution in [2.75, 3.05) is 25.0 Å². The zero-order valence-corrected chi connectivity index (χ0v) is 18.1. The molecule has 0 saturated carbocycles. The van der Waals surface area contributed by atoms with Gasteiger partial charge >= 0.3 is 6.18 Å². The number of methoxy groups -OCH3 is 1. The number of alkyl halides is 3. The quantitative estimate of drug-likeness (QED) is 0.426. The van der Waals surface area contributed by atoms with Crippen LogP contribution in [-0.2, 0) is 20.9 Å². The smallest absolute Gasteiger partial charge is 0.385 e. The van der Waals surface area contributed by atoms with Gasteiger partial charge in [0.1, 0.15) is 5.56 Å². The molecule has 0 saturated heterocycles. The van der Waals surface area contributed by atoms with Crippen LogP contribution in [0.1, 0.15) is 22.3 Å². The number of ether oxygens (including phenoxy) is 1. The monoisotopic (exact) mass is 483 g/mol. The van der Waals surface area contributed by atoms with Crippen LogP contribution in [0, 0.1) is 0 Å². The molecule has 176 valence electrons. The first kappa shape index (κ1) is 24.3. The van der Waals surface area contributed by atoms with E-state index >= 15 is 0 Å². The summed E-state index contributed by atoms with van der Waals surface area (Å²) in [6, 6.07) is 7.31. The van der Waals surface area contributed by atoms with Crippen molar-refractivity contribution in [3.8, 4) is 0 Å². The minimum absolute atomic E-state index is 0.0635. The highest BCUT2D eigenvalue weighted by atomic mass is 32.2. The highest BCUT2D eigenvalue weighted by molar-refractivity contribution is 7.92. The molecular formula is C21H20F3N3O5S. The fourth-order valence-corrected chi connectivity index (χ4v) is 4.10. The molecule has 0 atom stereocenters. The first-order valence-corrected chi connectivity index (χ1v) is 11.1. The van der Waals surface area contributed by atoms with Gasteiger partial charge in [0.25, 0.3) is 15.9 Å². The van der Waals surface area contributed by atoms with E-state index in [1.165, 1.54) is 31.5 Å². The number of nitrogens with one attached hydrogen (secondary N) is 3. The lowest BCUT2D eigenvalue weighted by atomic mass is 10.1. The number of carbonyl (C=O) groups is 1. The number of halogens is 3. The molecule has 3 N–H and O–H groups in total. The van der Waals surface area contributed by atoms with E-state index in [1.54, 1.807) is 0 Å². The first-order chi connectivity index (χ1) is 15.5. The molecular weight excluding hydrogens is 463 g/mol. The molecule has 0 unspecified atom stereocenters. The van der Waals surface area contributed by atoms with Gasteiger partial charge in [-0.25, -0.2) is 8.42 Å². The second-order valence-electron chi connectivity index (χ2n) is 7.03. The molecule has 1 heterocycles. The summed E-state index contributed by atoms with van der Waals surface area (Å²) in [7, 11) is -2.80. The number of carbonyl (C=O) groups excluding carboxylic acids is 1.